The zero-order valence-corrected chi connectivity index (χ0v) is 23.6. The van der Waals surface area contributed by atoms with Crippen molar-refractivity contribution in [2.24, 2.45) is 5.92 Å². The maximum Gasteiger partial charge on any atom is 0.408 e. The molecule has 2 atom stereocenters. The number of amides is 3. The Morgan fingerprint density at radius 1 is 0.949 bits per heavy atom. The van der Waals surface area contributed by atoms with Crippen LogP contribution in [0.4, 0.5) is 4.79 Å². The largest absolute Gasteiger partial charge is 0.445 e. The van der Waals surface area contributed by atoms with Gasteiger partial charge in [0.1, 0.15) is 12.6 Å². The Hall–Kier alpha value is -3.79. The zero-order valence-electron chi connectivity index (χ0n) is 22.8. The summed E-state index contributed by atoms with van der Waals surface area (Å²) in [4.78, 5) is 58.2. The number of rotatable bonds is 13. The molecule has 0 aliphatic rings. The lowest BCUT2D eigenvalue weighted by atomic mass is 10.0. The van der Waals surface area contributed by atoms with Crippen molar-refractivity contribution in [3.8, 4) is 0 Å². The molecule has 2 aromatic carbocycles. The Labute approximate surface area is 232 Å². The summed E-state index contributed by atoms with van der Waals surface area (Å²) in [6.07, 6.45) is -0.542. The summed E-state index contributed by atoms with van der Waals surface area (Å²) in [7, 11) is 0. The second kappa shape index (κ2) is 14.4. The molecule has 10 heteroatoms. The van der Waals surface area contributed by atoms with E-state index in [-0.39, 0.29) is 42.1 Å². The van der Waals surface area contributed by atoms with Crippen molar-refractivity contribution in [1.29, 1.82) is 0 Å². The number of aromatic nitrogens is 1. The van der Waals surface area contributed by atoms with Gasteiger partial charge in [-0.05, 0) is 43.9 Å². The van der Waals surface area contributed by atoms with E-state index in [1.165, 1.54) is 11.3 Å². The fourth-order valence-corrected chi connectivity index (χ4v) is 5.05. The Bertz CT molecular complexity index is 1240. The summed E-state index contributed by atoms with van der Waals surface area (Å²) in [5.74, 6) is -1.29. The van der Waals surface area contributed by atoms with E-state index in [9.17, 15) is 19.2 Å². The predicted octanol–water partition coefficient (Wildman–Crippen LogP) is 4.56. The summed E-state index contributed by atoms with van der Waals surface area (Å²) in [6.45, 7) is 8.54. The van der Waals surface area contributed by atoms with Crippen LogP contribution in [0.1, 0.15) is 55.9 Å². The smallest absolute Gasteiger partial charge is 0.408 e. The van der Waals surface area contributed by atoms with Crippen molar-refractivity contribution >= 4 is 45.2 Å². The third kappa shape index (κ3) is 8.35. The van der Waals surface area contributed by atoms with E-state index in [4.69, 9.17) is 4.74 Å². The van der Waals surface area contributed by atoms with Crippen LogP contribution < -0.4 is 10.6 Å². The van der Waals surface area contributed by atoms with Gasteiger partial charge in [0.2, 0.25) is 17.6 Å². The van der Waals surface area contributed by atoms with Crippen molar-refractivity contribution in [3.63, 3.8) is 0 Å². The van der Waals surface area contributed by atoms with E-state index in [2.05, 4.69) is 15.6 Å². The molecule has 0 saturated carbocycles. The van der Waals surface area contributed by atoms with Crippen LogP contribution in [0, 0.1) is 5.92 Å². The molecule has 0 saturated heterocycles. The summed E-state index contributed by atoms with van der Waals surface area (Å²) >= 11 is 1.24. The second-order valence-corrected chi connectivity index (χ2v) is 10.5. The molecule has 0 bridgehead atoms. The highest BCUT2D eigenvalue weighted by atomic mass is 32.1. The topological polar surface area (TPSA) is 118 Å². The Kier molecular flexibility index (Phi) is 11.0. The SMILES string of the molecule is CCN(CC)C(=O)CC[C@H](NC(=O)[C@@H](NC(=O)OCc1ccccc1)C(C)C)C(=O)c1nc2ccccc2s1. The number of ether oxygens (including phenoxy) is 1. The minimum absolute atomic E-state index is 0.0608. The normalized spacial score (nSPS) is 12.5. The third-order valence-corrected chi connectivity index (χ3v) is 7.39. The minimum Gasteiger partial charge on any atom is -0.445 e. The summed E-state index contributed by atoms with van der Waals surface area (Å²) in [5.41, 5.74) is 1.51. The van der Waals surface area contributed by atoms with Crippen molar-refractivity contribution in [1.82, 2.24) is 20.5 Å². The molecule has 0 spiro atoms. The number of hydrogen-bond acceptors (Lipinski definition) is 7. The number of thiazole rings is 1. The van der Waals surface area contributed by atoms with Crippen LogP contribution in [0.15, 0.2) is 54.6 Å². The van der Waals surface area contributed by atoms with E-state index >= 15 is 0 Å². The summed E-state index contributed by atoms with van der Waals surface area (Å²) in [6, 6.07) is 14.7. The maximum absolute atomic E-state index is 13.5. The molecule has 9 nitrogen and oxygen atoms in total. The summed E-state index contributed by atoms with van der Waals surface area (Å²) in [5, 5.41) is 5.67. The standard InChI is InChI=1S/C29H36N4O5S/c1-5-33(6-2)24(34)17-16-22(26(35)28-31-21-14-10-11-15-23(21)39-28)30-27(36)25(19(3)4)32-29(37)38-18-20-12-8-7-9-13-20/h7-15,19,22,25H,5-6,16-18H2,1-4H3,(H,30,36)(H,32,37)/t22-,25-/m0/s1. The van der Waals surface area contributed by atoms with Gasteiger partial charge in [0, 0.05) is 19.5 Å². The van der Waals surface area contributed by atoms with Crippen molar-refractivity contribution in [3.05, 3.63) is 65.2 Å². The first-order valence-electron chi connectivity index (χ1n) is 13.2. The molecule has 208 valence electrons. The molecule has 0 aliphatic carbocycles. The molecule has 2 N–H and O–H groups in total. The number of ketones is 1. The number of carbonyl (C=O) groups is 4. The highest BCUT2D eigenvalue weighted by molar-refractivity contribution is 7.20. The predicted molar refractivity (Wildman–Crippen MR) is 151 cm³/mol. The average Bonchev–Trinajstić information content (AvgIpc) is 3.38. The Morgan fingerprint density at radius 2 is 1.62 bits per heavy atom. The first-order valence-corrected chi connectivity index (χ1v) is 14.0. The molecule has 1 aromatic heterocycles. The lowest BCUT2D eigenvalue weighted by Gasteiger charge is -2.25. The molecule has 3 aromatic rings. The highest BCUT2D eigenvalue weighted by Gasteiger charge is 2.31. The van der Waals surface area contributed by atoms with E-state index < -0.39 is 24.1 Å². The van der Waals surface area contributed by atoms with Crippen molar-refractivity contribution in [2.45, 2.75) is 59.2 Å². The van der Waals surface area contributed by atoms with Gasteiger partial charge in [0.25, 0.3) is 0 Å². The molecular formula is C29H36N4O5S. The van der Waals surface area contributed by atoms with Crippen molar-refractivity contribution < 1.29 is 23.9 Å². The monoisotopic (exact) mass is 552 g/mol. The minimum atomic E-state index is -0.985. The van der Waals surface area contributed by atoms with Crippen LogP contribution >= 0.6 is 11.3 Å². The van der Waals surface area contributed by atoms with Crippen LogP contribution in [0.2, 0.25) is 0 Å². The number of hydrogen-bond donors (Lipinski definition) is 2. The number of Topliss-reactive ketones (excluding diaryl/α,β-unsaturated/α-hetero) is 1. The number of fused-ring (bicyclic) bond motifs is 1. The highest BCUT2D eigenvalue weighted by Crippen LogP contribution is 2.23. The molecule has 0 radical (unpaired) electrons. The van der Waals surface area contributed by atoms with Crippen LogP contribution in [-0.2, 0) is 20.9 Å². The molecule has 3 rings (SSSR count). The van der Waals surface area contributed by atoms with E-state index in [0.29, 0.717) is 18.6 Å². The maximum atomic E-state index is 13.5. The molecular weight excluding hydrogens is 516 g/mol. The Morgan fingerprint density at radius 3 is 2.26 bits per heavy atom. The lowest BCUT2D eigenvalue weighted by Crippen LogP contribution is -2.54. The molecule has 3 amide bonds. The number of nitrogens with one attached hydrogen (secondary N) is 2. The molecule has 39 heavy (non-hydrogen) atoms. The van der Waals surface area contributed by atoms with Crippen molar-refractivity contribution in [2.75, 3.05) is 13.1 Å². The van der Waals surface area contributed by atoms with Gasteiger partial charge in [0.05, 0.1) is 16.3 Å². The third-order valence-electron chi connectivity index (χ3n) is 6.34. The van der Waals surface area contributed by atoms with Gasteiger partial charge in [0.15, 0.2) is 5.01 Å². The van der Waals surface area contributed by atoms with Gasteiger partial charge in [-0.3, -0.25) is 14.4 Å². The number of nitrogens with zero attached hydrogens (tertiary/aromatic N) is 2. The molecule has 0 aliphatic heterocycles. The fourth-order valence-electron chi connectivity index (χ4n) is 4.09. The number of carbonyl (C=O) groups excluding carboxylic acids is 4. The van der Waals surface area contributed by atoms with Crippen LogP contribution in [0.25, 0.3) is 10.2 Å². The van der Waals surface area contributed by atoms with Gasteiger partial charge in [-0.15, -0.1) is 11.3 Å². The average molecular weight is 553 g/mol. The first-order chi connectivity index (χ1) is 18.7. The fraction of sp³-hybridized carbons (Fsp3) is 0.414. The Balaban J connectivity index is 1.74. The van der Waals surface area contributed by atoms with Gasteiger partial charge in [-0.2, -0.15) is 0 Å². The quantitative estimate of drug-likeness (QED) is 0.300. The van der Waals surface area contributed by atoms with Gasteiger partial charge in [-0.25, -0.2) is 9.78 Å². The van der Waals surface area contributed by atoms with Gasteiger partial charge >= 0.3 is 6.09 Å². The van der Waals surface area contributed by atoms with Gasteiger partial charge < -0.3 is 20.3 Å². The number of benzene rings is 2. The molecule has 0 unspecified atom stereocenters. The van der Waals surface area contributed by atoms with Crippen LogP contribution in [-0.4, -0.2) is 58.7 Å². The summed E-state index contributed by atoms with van der Waals surface area (Å²) < 4.78 is 6.14. The van der Waals surface area contributed by atoms with E-state index in [0.717, 1.165) is 10.3 Å². The van der Waals surface area contributed by atoms with Crippen LogP contribution in [0.5, 0.6) is 0 Å². The lowest BCUT2D eigenvalue weighted by molar-refractivity contribution is -0.131. The number of alkyl carbamates (subject to hydrolysis) is 1. The molecule has 1 heterocycles. The van der Waals surface area contributed by atoms with E-state index in [1.54, 1.807) is 18.7 Å². The first kappa shape index (κ1) is 29.8. The second-order valence-electron chi connectivity index (χ2n) is 9.44. The van der Waals surface area contributed by atoms with Crippen LogP contribution in [0.3, 0.4) is 0 Å². The van der Waals surface area contributed by atoms with E-state index in [1.807, 2.05) is 68.4 Å². The zero-order chi connectivity index (χ0) is 28.4. The van der Waals surface area contributed by atoms with Gasteiger partial charge in [-0.1, -0.05) is 56.3 Å². The molecule has 0 fully saturated rings. The number of para-hydroxylation sites is 1.